The first-order valence-corrected chi connectivity index (χ1v) is 9.89. The lowest BCUT2D eigenvalue weighted by molar-refractivity contribution is -0.141. The van der Waals surface area contributed by atoms with E-state index >= 15 is 0 Å². The van der Waals surface area contributed by atoms with Crippen molar-refractivity contribution in [2.24, 2.45) is 11.8 Å². The van der Waals surface area contributed by atoms with Gasteiger partial charge < -0.3 is 9.47 Å². The third-order valence-electron chi connectivity index (χ3n) is 4.30. The zero-order valence-electron chi connectivity index (χ0n) is 10.2. The van der Waals surface area contributed by atoms with E-state index in [1.165, 1.54) is 6.42 Å². The molecule has 2 heterocycles. The number of carbonyl (C=O) groups is 1. The Labute approximate surface area is 97.5 Å². The van der Waals surface area contributed by atoms with E-state index in [-0.39, 0.29) is 12.1 Å². The number of ether oxygens (including phenoxy) is 2. The van der Waals surface area contributed by atoms with Gasteiger partial charge in [0.1, 0.15) is 6.10 Å². The summed E-state index contributed by atoms with van der Waals surface area (Å²) in [5, 5.41) is 0. The molecule has 2 saturated heterocycles. The summed E-state index contributed by atoms with van der Waals surface area (Å²) in [6.45, 7) is 7.08. The summed E-state index contributed by atoms with van der Waals surface area (Å²) in [5.74, 6) is 1.05. The van der Waals surface area contributed by atoms with Gasteiger partial charge in [0.2, 0.25) is 0 Å². The van der Waals surface area contributed by atoms with Crippen molar-refractivity contribution in [3.05, 3.63) is 0 Å². The Balaban J connectivity index is 1.68. The van der Waals surface area contributed by atoms with Crippen molar-refractivity contribution in [1.29, 1.82) is 0 Å². The third kappa shape index (κ3) is 1.63. The highest BCUT2D eigenvalue weighted by Crippen LogP contribution is 2.50. The number of esters is 1. The lowest BCUT2D eigenvalue weighted by Gasteiger charge is -2.16. The average Bonchev–Trinajstić information content (AvgIpc) is 2.75. The summed E-state index contributed by atoms with van der Waals surface area (Å²) >= 11 is 0. The molecule has 3 rings (SSSR count). The zero-order valence-corrected chi connectivity index (χ0v) is 11.2. The zero-order chi connectivity index (χ0) is 11.5. The van der Waals surface area contributed by atoms with Crippen LogP contribution in [0.5, 0.6) is 0 Å². The van der Waals surface area contributed by atoms with Gasteiger partial charge in [0.15, 0.2) is 0 Å². The molecule has 3 aliphatic rings. The maximum absolute atomic E-state index is 11.3. The van der Waals surface area contributed by atoms with Crippen LogP contribution in [-0.4, -0.2) is 32.0 Å². The van der Waals surface area contributed by atoms with Crippen molar-refractivity contribution >= 4 is 14.0 Å². The van der Waals surface area contributed by atoms with E-state index in [0.717, 1.165) is 6.42 Å². The van der Waals surface area contributed by atoms with Gasteiger partial charge in [-0.3, -0.25) is 4.79 Å². The second-order valence-corrected chi connectivity index (χ2v) is 11.8. The monoisotopic (exact) mass is 240 g/mol. The molecule has 0 amide bonds. The molecule has 3 nitrogen and oxygen atoms in total. The Kier molecular flexibility index (Phi) is 2.24. The average molecular weight is 240 g/mol. The van der Waals surface area contributed by atoms with Crippen LogP contribution in [-0.2, 0) is 14.3 Å². The van der Waals surface area contributed by atoms with Crippen LogP contribution in [0.1, 0.15) is 19.3 Å². The second-order valence-electron chi connectivity index (χ2n) is 6.52. The predicted molar refractivity (Wildman–Crippen MR) is 62.7 cm³/mol. The van der Waals surface area contributed by atoms with E-state index in [1.54, 1.807) is 0 Å². The van der Waals surface area contributed by atoms with Crippen LogP contribution < -0.4 is 0 Å². The summed E-state index contributed by atoms with van der Waals surface area (Å²) < 4.78 is 11.2. The number of rotatable bonds is 2. The lowest BCUT2D eigenvalue weighted by Crippen LogP contribution is -2.33. The highest BCUT2D eigenvalue weighted by Gasteiger charge is 2.58. The number of hydrogen-bond acceptors (Lipinski definition) is 3. The number of fused-ring (bicyclic) bond motifs is 1. The normalized spacial score (nSPS) is 46.7. The van der Waals surface area contributed by atoms with Crippen molar-refractivity contribution < 1.29 is 14.3 Å². The van der Waals surface area contributed by atoms with Gasteiger partial charge in [0, 0.05) is 5.92 Å². The fourth-order valence-corrected chi connectivity index (χ4v) is 5.25. The van der Waals surface area contributed by atoms with E-state index in [9.17, 15) is 4.79 Å². The topological polar surface area (TPSA) is 38.8 Å². The molecule has 1 saturated carbocycles. The molecule has 3 fully saturated rings. The Hall–Kier alpha value is -0.353. The van der Waals surface area contributed by atoms with E-state index in [2.05, 4.69) is 19.6 Å². The fraction of sp³-hybridized carbons (Fsp3) is 0.917. The molecular weight excluding hydrogens is 220 g/mol. The Morgan fingerprint density at radius 1 is 1.19 bits per heavy atom. The highest BCUT2D eigenvalue weighted by molar-refractivity contribution is 6.78. The summed E-state index contributed by atoms with van der Waals surface area (Å²) in [7, 11) is -1.16. The Bertz CT molecular complexity index is 323. The molecular formula is C12H20O3Si. The number of carbonyl (C=O) groups excluding carboxylic acids is 1. The molecule has 5 atom stereocenters. The van der Waals surface area contributed by atoms with Crippen LogP contribution in [0.25, 0.3) is 0 Å². The van der Waals surface area contributed by atoms with Crippen LogP contribution >= 0.6 is 0 Å². The molecule has 0 radical (unpaired) electrons. The minimum atomic E-state index is -1.16. The van der Waals surface area contributed by atoms with Gasteiger partial charge in [0.05, 0.1) is 26.3 Å². The first kappa shape index (κ1) is 10.8. The van der Waals surface area contributed by atoms with Crippen molar-refractivity contribution in [1.82, 2.24) is 0 Å². The van der Waals surface area contributed by atoms with E-state index in [1.807, 2.05) is 0 Å². The van der Waals surface area contributed by atoms with Gasteiger partial charge >= 0.3 is 5.97 Å². The molecule has 0 N–H and O–H groups in total. The SMILES string of the molecule is C[Si](C)(C)C1OC1[C@@H]1CC[C@@H]2OC(=O)C[C@@H]21. The molecule has 4 heteroatoms. The van der Waals surface area contributed by atoms with Crippen LogP contribution in [0.15, 0.2) is 0 Å². The largest absolute Gasteiger partial charge is 0.462 e. The predicted octanol–water partition coefficient (Wildman–Crippen LogP) is 1.97. The first-order valence-electron chi connectivity index (χ1n) is 6.32. The van der Waals surface area contributed by atoms with E-state index in [4.69, 9.17) is 9.47 Å². The van der Waals surface area contributed by atoms with E-state index in [0.29, 0.717) is 30.1 Å². The molecule has 0 aromatic carbocycles. The smallest absolute Gasteiger partial charge is 0.306 e. The van der Waals surface area contributed by atoms with Gasteiger partial charge in [-0.2, -0.15) is 0 Å². The van der Waals surface area contributed by atoms with Gasteiger partial charge in [-0.25, -0.2) is 0 Å². The third-order valence-corrected chi connectivity index (χ3v) is 6.47. The second kappa shape index (κ2) is 3.32. The molecule has 0 bridgehead atoms. The number of epoxide rings is 1. The maximum atomic E-state index is 11.3. The van der Waals surface area contributed by atoms with Gasteiger partial charge in [-0.05, 0) is 18.8 Å². The Morgan fingerprint density at radius 2 is 1.94 bits per heavy atom. The Morgan fingerprint density at radius 3 is 2.56 bits per heavy atom. The molecule has 0 spiro atoms. The molecule has 1 aliphatic carbocycles. The quantitative estimate of drug-likeness (QED) is 0.421. The summed E-state index contributed by atoms with van der Waals surface area (Å²) in [6, 6.07) is 0. The standard InChI is InChI=1S/C12H20O3Si/c1-16(2,3)12-11(15-12)7-4-5-9-8(7)6-10(13)14-9/h7-9,11-12H,4-6H2,1-3H3/t7-,8-,9+,11?,12?/m1/s1. The summed E-state index contributed by atoms with van der Waals surface area (Å²) in [4.78, 5) is 11.3. The van der Waals surface area contributed by atoms with Crippen LogP contribution in [0, 0.1) is 11.8 Å². The first-order chi connectivity index (χ1) is 7.47. The minimum Gasteiger partial charge on any atom is -0.462 e. The van der Waals surface area contributed by atoms with E-state index < -0.39 is 8.07 Å². The number of hydrogen-bond donors (Lipinski definition) is 0. The van der Waals surface area contributed by atoms with Gasteiger partial charge in [-0.15, -0.1) is 0 Å². The lowest BCUT2D eigenvalue weighted by atomic mass is 9.91. The highest BCUT2D eigenvalue weighted by atomic mass is 28.3. The molecule has 16 heavy (non-hydrogen) atoms. The summed E-state index contributed by atoms with van der Waals surface area (Å²) in [5.41, 5.74) is 0.520. The van der Waals surface area contributed by atoms with Crippen molar-refractivity contribution in [3.63, 3.8) is 0 Å². The molecule has 2 unspecified atom stereocenters. The molecule has 2 aliphatic heterocycles. The summed E-state index contributed by atoms with van der Waals surface area (Å²) in [6.07, 6.45) is 3.53. The van der Waals surface area contributed by atoms with Gasteiger partial charge in [0.25, 0.3) is 0 Å². The van der Waals surface area contributed by atoms with Crippen LogP contribution in [0.3, 0.4) is 0 Å². The van der Waals surface area contributed by atoms with Crippen LogP contribution in [0.4, 0.5) is 0 Å². The fourth-order valence-electron chi connectivity index (χ4n) is 3.45. The molecule has 0 aromatic heterocycles. The maximum Gasteiger partial charge on any atom is 0.306 e. The molecule has 0 aromatic rings. The van der Waals surface area contributed by atoms with Crippen molar-refractivity contribution in [3.8, 4) is 0 Å². The van der Waals surface area contributed by atoms with Gasteiger partial charge in [-0.1, -0.05) is 19.6 Å². The molecule has 90 valence electrons. The van der Waals surface area contributed by atoms with Crippen LogP contribution in [0.2, 0.25) is 19.6 Å². The minimum absolute atomic E-state index is 0.00454. The van der Waals surface area contributed by atoms with Crippen molar-refractivity contribution in [2.75, 3.05) is 0 Å². The van der Waals surface area contributed by atoms with Crippen molar-refractivity contribution in [2.45, 2.75) is 56.8 Å².